The summed E-state index contributed by atoms with van der Waals surface area (Å²) in [5.74, 6) is -51.9. The Morgan fingerprint density at radius 3 is 0.621 bits per heavy atom. The standard InChI is InChI=1S/C8BF20/c10-1(11,3(14,15)7(22,23)24)5(18,19)9(28,29)6(20,21)2(12,13)4(16,17)8(25,26)27/q-1. The number of hydrogen-bond donors (Lipinski definition) is 0. The first-order valence-electron chi connectivity index (χ1n) is 5.92. The van der Waals surface area contributed by atoms with Crippen LogP contribution in [-0.4, -0.2) is 54.4 Å². The van der Waals surface area contributed by atoms with Gasteiger partial charge in [-0.1, -0.05) is 0 Å². The van der Waals surface area contributed by atoms with E-state index in [-0.39, 0.29) is 0 Å². The van der Waals surface area contributed by atoms with Gasteiger partial charge in [-0.25, -0.2) is 17.6 Å². The maximum absolute atomic E-state index is 13.0. The van der Waals surface area contributed by atoms with E-state index in [9.17, 15) is 87.7 Å². The molecule has 0 N–H and O–H groups in total. The third-order valence-corrected chi connectivity index (χ3v) is 3.25. The predicted octanol–water partition coefficient (Wildman–Crippen LogP) is 6.38. The molecule has 0 aliphatic rings. The highest BCUT2D eigenvalue weighted by Crippen LogP contribution is 2.63. The van der Waals surface area contributed by atoms with Crippen LogP contribution in [0.1, 0.15) is 0 Å². The van der Waals surface area contributed by atoms with Crippen LogP contribution >= 0.6 is 0 Å². The van der Waals surface area contributed by atoms with Crippen molar-refractivity contribution < 1.29 is 87.7 Å². The van der Waals surface area contributed by atoms with E-state index in [1.807, 2.05) is 0 Å². The minimum Gasteiger partial charge on any atom is -0.469 e. The zero-order valence-corrected chi connectivity index (χ0v) is 12.1. The molecule has 0 heterocycles. The first-order valence-corrected chi connectivity index (χ1v) is 5.92. The molecule has 0 bridgehead atoms. The van der Waals surface area contributed by atoms with E-state index in [1.165, 1.54) is 0 Å². The van der Waals surface area contributed by atoms with Crippen molar-refractivity contribution in [2.24, 2.45) is 0 Å². The second kappa shape index (κ2) is 6.33. The Bertz CT molecular complexity index is 553. The van der Waals surface area contributed by atoms with Gasteiger partial charge >= 0.3 is 42.7 Å². The molecular formula is C8BF20-. The zero-order valence-electron chi connectivity index (χ0n) is 12.1. The average Bonchev–Trinajstić information content (AvgIpc) is 2.43. The van der Waals surface area contributed by atoms with Crippen molar-refractivity contribution in [3.8, 4) is 0 Å². The van der Waals surface area contributed by atoms with Gasteiger partial charge in [0.25, 0.3) is 11.6 Å². The summed E-state index contributed by atoms with van der Waals surface area (Å²) in [7, 11) is 0. The van der Waals surface area contributed by atoms with Gasteiger partial charge < -0.3 is 8.63 Å². The molecule has 0 saturated carbocycles. The Labute approximate surface area is 143 Å². The molecule has 21 heteroatoms. The van der Waals surface area contributed by atoms with E-state index in [4.69, 9.17) is 0 Å². The van der Waals surface area contributed by atoms with Crippen LogP contribution in [0.2, 0.25) is 0 Å². The minimum absolute atomic E-state index is 7.92. The molecule has 0 rings (SSSR count). The molecule has 0 unspecified atom stereocenters. The summed E-state index contributed by atoms with van der Waals surface area (Å²) in [6, 6.07) is 0. The molecule has 176 valence electrons. The molecular weight excluding hydrogens is 487 g/mol. The van der Waals surface area contributed by atoms with Crippen LogP contribution in [0.4, 0.5) is 87.7 Å². The lowest BCUT2D eigenvalue weighted by Crippen LogP contribution is -2.78. The fourth-order valence-electron chi connectivity index (χ4n) is 1.46. The van der Waals surface area contributed by atoms with E-state index < -0.39 is 54.4 Å². The second-order valence-electron chi connectivity index (χ2n) is 5.20. The summed E-state index contributed by atoms with van der Waals surface area (Å²) in [6.07, 6.45) is -15.8. The van der Waals surface area contributed by atoms with Crippen LogP contribution in [0.25, 0.3) is 0 Å². The third kappa shape index (κ3) is 3.25. The highest BCUT2D eigenvalue weighted by atomic mass is 19.4. The molecule has 0 aromatic rings. The summed E-state index contributed by atoms with van der Waals surface area (Å²) in [5.41, 5.74) is 0. The van der Waals surface area contributed by atoms with Crippen molar-refractivity contribution >= 4 is 6.70 Å². The smallest absolute Gasteiger partial charge is 0.459 e. The number of halogens is 20. The van der Waals surface area contributed by atoms with E-state index in [1.54, 1.807) is 0 Å². The second-order valence-corrected chi connectivity index (χ2v) is 5.20. The number of alkyl halides is 18. The fraction of sp³-hybridized carbons (Fsp3) is 1.00. The van der Waals surface area contributed by atoms with Gasteiger partial charge in [-0.15, -0.1) is 0 Å². The van der Waals surface area contributed by atoms with E-state index in [0.717, 1.165) is 0 Å². The van der Waals surface area contributed by atoms with Crippen molar-refractivity contribution in [3.63, 3.8) is 0 Å². The van der Waals surface area contributed by atoms with Crippen molar-refractivity contribution in [2.45, 2.75) is 47.7 Å². The van der Waals surface area contributed by atoms with Crippen LogP contribution < -0.4 is 0 Å². The molecule has 0 fully saturated rings. The van der Waals surface area contributed by atoms with E-state index in [0.29, 0.717) is 0 Å². The largest absolute Gasteiger partial charge is 0.469 e. The Hall–Kier alpha value is -1.34. The van der Waals surface area contributed by atoms with E-state index in [2.05, 4.69) is 0 Å². The third-order valence-electron chi connectivity index (χ3n) is 3.25. The Kier molecular flexibility index (Phi) is 6.04. The Morgan fingerprint density at radius 1 is 0.310 bits per heavy atom. The van der Waals surface area contributed by atoms with Crippen molar-refractivity contribution in [1.29, 1.82) is 0 Å². The van der Waals surface area contributed by atoms with Crippen molar-refractivity contribution in [2.75, 3.05) is 0 Å². The molecule has 0 radical (unpaired) electrons. The summed E-state index contributed by atoms with van der Waals surface area (Å²) >= 11 is 0. The monoisotopic (exact) mass is 487 g/mol. The normalized spacial score (nSPS) is 17.0. The van der Waals surface area contributed by atoms with Gasteiger partial charge in [-0.05, 0) is 0 Å². The maximum Gasteiger partial charge on any atom is 0.459 e. The van der Waals surface area contributed by atoms with Crippen molar-refractivity contribution in [3.05, 3.63) is 0 Å². The zero-order chi connectivity index (χ0) is 24.5. The van der Waals surface area contributed by atoms with Crippen LogP contribution in [0.15, 0.2) is 0 Å². The predicted molar refractivity (Wildman–Crippen MR) is 49.8 cm³/mol. The Balaban J connectivity index is 6.82. The van der Waals surface area contributed by atoms with Gasteiger partial charge in [0.2, 0.25) is 0 Å². The van der Waals surface area contributed by atoms with Gasteiger partial charge in [0.05, 0.1) is 0 Å². The van der Waals surface area contributed by atoms with Crippen LogP contribution in [0, 0.1) is 0 Å². The van der Waals surface area contributed by atoms with Gasteiger partial charge in [0.1, 0.15) is 0 Å². The quantitative estimate of drug-likeness (QED) is 0.302. The molecule has 0 atom stereocenters. The molecule has 0 spiro atoms. The molecule has 0 amide bonds. The summed E-state index contributed by atoms with van der Waals surface area (Å²) in [4.78, 5) is 0. The van der Waals surface area contributed by atoms with Crippen molar-refractivity contribution in [1.82, 2.24) is 0 Å². The lowest BCUT2D eigenvalue weighted by atomic mass is 9.47. The molecule has 0 aromatic carbocycles. The molecule has 29 heavy (non-hydrogen) atoms. The summed E-state index contributed by atoms with van der Waals surface area (Å²) in [6.45, 7) is -9.88. The molecule has 0 aromatic heterocycles. The highest BCUT2D eigenvalue weighted by Gasteiger charge is 2.93. The van der Waals surface area contributed by atoms with Gasteiger partial charge in [0, 0.05) is 0 Å². The van der Waals surface area contributed by atoms with E-state index >= 15 is 0 Å². The van der Waals surface area contributed by atoms with Crippen LogP contribution in [-0.2, 0) is 0 Å². The Morgan fingerprint density at radius 2 is 0.483 bits per heavy atom. The van der Waals surface area contributed by atoms with Gasteiger partial charge in [0.15, 0.2) is 0 Å². The lowest BCUT2D eigenvalue weighted by Gasteiger charge is -2.47. The van der Waals surface area contributed by atoms with Crippen LogP contribution in [0.3, 0.4) is 0 Å². The first-order chi connectivity index (χ1) is 12.0. The SMILES string of the molecule is F[B-](F)(C(F)(F)C(F)(F)C(F)(F)C(F)(F)F)C(F)(F)C(F)(F)C(F)(F)C(F)(F)F. The molecule has 0 saturated heterocycles. The van der Waals surface area contributed by atoms with Crippen LogP contribution in [0.5, 0.6) is 0 Å². The topological polar surface area (TPSA) is 0 Å². The van der Waals surface area contributed by atoms with Gasteiger partial charge in [-0.2, -0.15) is 61.5 Å². The lowest BCUT2D eigenvalue weighted by molar-refractivity contribution is -0.397. The number of rotatable bonds is 6. The molecule has 0 nitrogen and oxygen atoms in total. The van der Waals surface area contributed by atoms with Gasteiger partial charge in [-0.3, -0.25) is 0 Å². The minimum atomic E-state index is -9.88. The first kappa shape index (κ1) is 27.7. The highest BCUT2D eigenvalue weighted by molar-refractivity contribution is 6.71. The summed E-state index contributed by atoms with van der Waals surface area (Å²) < 4.78 is 249. The maximum atomic E-state index is 13.0. The summed E-state index contributed by atoms with van der Waals surface area (Å²) in [5, 5.41) is 0. The molecule has 0 aliphatic carbocycles. The molecule has 0 aliphatic heterocycles. The number of hydrogen-bond acceptors (Lipinski definition) is 0. The fourth-order valence-corrected chi connectivity index (χ4v) is 1.46. The average molecular weight is 487 g/mol.